The molecule has 1 aliphatic rings. The molecular weight excluding hydrogens is 467 g/mol. The number of halogens is 1. The van der Waals surface area contributed by atoms with Gasteiger partial charge in [-0.3, -0.25) is 4.40 Å². The Balaban J connectivity index is 1.61. The number of aromatic nitrogens is 5. The van der Waals surface area contributed by atoms with E-state index in [0.717, 1.165) is 36.3 Å². The van der Waals surface area contributed by atoms with Crippen LogP contribution < -0.4 is 4.72 Å². The van der Waals surface area contributed by atoms with Crippen molar-refractivity contribution < 1.29 is 8.42 Å². The molecule has 3 aromatic heterocycles. The van der Waals surface area contributed by atoms with Crippen molar-refractivity contribution in [3.8, 4) is 0 Å². The van der Waals surface area contributed by atoms with Gasteiger partial charge < -0.3 is 4.98 Å². The zero-order valence-corrected chi connectivity index (χ0v) is 17.4. The molecule has 4 rings (SSSR count). The summed E-state index contributed by atoms with van der Waals surface area (Å²) < 4.78 is 29.7. The van der Waals surface area contributed by atoms with Gasteiger partial charge in [-0.2, -0.15) is 0 Å². The van der Waals surface area contributed by atoms with E-state index in [0.29, 0.717) is 16.0 Å². The summed E-state index contributed by atoms with van der Waals surface area (Å²) >= 11 is 2.41. The molecular formula is C16H21IN6O2S. The lowest BCUT2D eigenvalue weighted by molar-refractivity contribution is 0.544. The van der Waals surface area contributed by atoms with Crippen LogP contribution in [-0.4, -0.2) is 48.7 Å². The minimum Gasteiger partial charge on any atom is -0.345 e. The Morgan fingerprint density at radius 2 is 2.23 bits per heavy atom. The highest BCUT2D eigenvalue weighted by Crippen LogP contribution is 2.39. The van der Waals surface area contributed by atoms with E-state index in [1.54, 1.807) is 6.20 Å². The molecule has 0 unspecified atom stereocenters. The van der Waals surface area contributed by atoms with Crippen molar-refractivity contribution >= 4 is 49.4 Å². The zero-order chi connectivity index (χ0) is 18.3. The summed E-state index contributed by atoms with van der Waals surface area (Å²) in [4.78, 5) is 7.46. The summed E-state index contributed by atoms with van der Waals surface area (Å²) in [5.74, 6) is 1.21. The first-order chi connectivity index (χ1) is 12.5. The predicted molar refractivity (Wildman–Crippen MR) is 108 cm³/mol. The summed E-state index contributed by atoms with van der Waals surface area (Å²) in [5, 5.41) is 8.68. The topological polar surface area (TPSA) is 105 Å². The van der Waals surface area contributed by atoms with Gasteiger partial charge in [0.2, 0.25) is 10.0 Å². The van der Waals surface area contributed by atoms with E-state index in [1.165, 1.54) is 0 Å². The van der Waals surface area contributed by atoms with Gasteiger partial charge in [0.25, 0.3) is 0 Å². The van der Waals surface area contributed by atoms with Gasteiger partial charge >= 0.3 is 0 Å². The first kappa shape index (κ1) is 18.1. The predicted octanol–water partition coefficient (Wildman–Crippen LogP) is 2.37. The number of sulfonamides is 1. The Hall–Kier alpha value is -1.27. The minimum atomic E-state index is -3.22. The summed E-state index contributed by atoms with van der Waals surface area (Å²) in [7, 11) is -3.22. The normalized spacial score (nSPS) is 24.0. The largest absolute Gasteiger partial charge is 0.345 e. The maximum Gasteiger partial charge on any atom is 0.211 e. The molecule has 3 heterocycles. The maximum absolute atomic E-state index is 12.2. The van der Waals surface area contributed by atoms with Crippen molar-refractivity contribution in [3.63, 3.8) is 0 Å². The summed E-state index contributed by atoms with van der Waals surface area (Å²) in [6, 6.07) is 1.91. The van der Waals surface area contributed by atoms with Gasteiger partial charge in [0.05, 0.1) is 17.5 Å². The van der Waals surface area contributed by atoms with Crippen molar-refractivity contribution in [2.24, 2.45) is 0 Å². The highest BCUT2D eigenvalue weighted by Gasteiger charge is 2.38. The molecule has 10 heteroatoms. The van der Waals surface area contributed by atoms with Crippen LogP contribution in [0.4, 0.5) is 0 Å². The highest BCUT2D eigenvalue weighted by atomic mass is 127. The second-order valence-electron chi connectivity index (χ2n) is 6.80. The van der Waals surface area contributed by atoms with E-state index in [4.69, 9.17) is 0 Å². The molecule has 1 aliphatic carbocycles. The monoisotopic (exact) mass is 488 g/mol. The molecule has 3 aromatic rings. The lowest BCUT2D eigenvalue weighted by atomic mass is 10.1. The summed E-state index contributed by atoms with van der Waals surface area (Å²) in [6.07, 6.45) is 6.64. The van der Waals surface area contributed by atoms with Gasteiger partial charge in [0.15, 0.2) is 11.3 Å². The lowest BCUT2D eigenvalue weighted by Gasteiger charge is -2.13. The molecule has 26 heavy (non-hydrogen) atoms. The van der Waals surface area contributed by atoms with E-state index in [1.807, 2.05) is 23.6 Å². The summed E-state index contributed by atoms with van der Waals surface area (Å²) in [5.41, 5.74) is 2.44. The second-order valence-corrected chi connectivity index (χ2v) is 10.3. The third kappa shape index (κ3) is 3.33. The Labute approximate surface area is 165 Å². The van der Waals surface area contributed by atoms with E-state index in [2.05, 4.69) is 47.5 Å². The molecule has 8 nitrogen and oxygen atoms in total. The third-order valence-electron chi connectivity index (χ3n) is 4.90. The van der Waals surface area contributed by atoms with Crippen molar-refractivity contribution in [2.45, 2.75) is 48.5 Å². The zero-order valence-electron chi connectivity index (χ0n) is 14.4. The van der Waals surface area contributed by atoms with Gasteiger partial charge in [-0.15, -0.1) is 10.2 Å². The van der Waals surface area contributed by atoms with Gasteiger partial charge in [0, 0.05) is 22.1 Å². The molecule has 0 aromatic carbocycles. The van der Waals surface area contributed by atoms with Crippen LogP contribution in [-0.2, 0) is 10.0 Å². The Bertz CT molecular complexity index is 1030. The van der Waals surface area contributed by atoms with Crippen molar-refractivity contribution in [2.75, 3.05) is 5.75 Å². The van der Waals surface area contributed by atoms with Crippen molar-refractivity contribution in [3.05, 3.63) is 24.3 Å². The molecule has 3 atom stereocenters. The standard InChI is InChI=1S/C16H21IN6O2S/c1-2-3-6-26(24,25)22-10-7-11(12(17)8-10)16-21-20-14-9-19-15-13(23(14)16)4-5-18-15/h4-5,9-12,18,22H,2-3,6-8H2,1H3/t10-,11+,12-/m1/s1. The van der Waals surface area contributed by atoms with Crippen LogP contribution in [0.1, 0.15) is 44.3 Å². The van der Waals surface area contributed by atoms with Crippen molar-refractivity contribution in [1.29, 1.82) is 0 Å². The maximum atomic E-state index is 12.2. The average Bonchev–Trinajstić information content (AvgIpc) is 3.29. The molecule has 0 aliphatic heterocycles. The fourth-order valence-corrected chi connectivity index (χ4v) is 6.35. The number of H-pyrrole nitrogens is 1. The van der Waals surface area contributed by atoms with E-state index in [-0.39, 0.29) is 17.7 Å². The van der Waals surface area contributed by atoms with Gasteiger partial charge in [-0.05, 0) is 25.3 Å². The van der Waals surface area contributed by atoms with Crippen LogP contribution in [0.25, 0.3) is 16.8 Å². The first-order valence-electron chi connectivity index (χ1n) is 8.79. The number of unbranched alkanes of at least 4 members (excludes halogenated alkanes) is 1. The summed E-state index contributed by atoms with van der Waals surface area (Å²) in [6.45, 7) is 2.00. The number of rotatable bonds is 6. The van der Waals surface area contributed by atoms with E-state index in [9.17, 15) is 8.42 Å². The fourth-order valence-electron chi connectivity index (χ4n) is 3.64. The quantitative estimate of drug-likeness (QED) is 0.410. The number of nitrogens with one attached hydrogen (secondary N) is 2. The van der Waals surface area contributed by atoms with E-state index >= 15 is 0 Å². The number of hydrogen-bond donors (Lipinski definition) is 2. The third-order valence-corrected chi connectivity index (χ3v) is 7.79. The number of aromatic amines is 1. The molecule has 2 N–H and O–H groups in total. The van der Waals surface area contributed by atoms with Gasteiger partial charge in [0.1, 0.15) is 5.82 Å². The molecule has 140 valence electrons. The molecule has 0 spiro atoms. The fraction of sp³-hybridized carbons (Fsp3) is 0.562. The van der Waals surface area contributed by atoms with Crippen LogP contribution in [0.3, 0.4) is 0 Å². The van der Waals surface area contributed by atoms with Crippen molar-refractivity contribution in [1.82, 2.24) is 29.3 Å². The molecule has 0 bridgehead atoms. The van der Waals surface area contributed by atoms with Crippen LogP contribution in [0.2, 0.25) is 0 Å². The second kappa shape index (κ2) is 7.04. The molecule has 1 fully saturated rings. The van der Waals surface area contributed by atoms with Crippen LogP contribution in [0, 0.1) is 0 Å². The minimum absolute atomic E-state index is 0.0559. The lowest BCUT2D eigenvalue weighted by Crippen LogP contribution is -2.34. The number of nitrogens with zero attached hydrogens (tertiary/aromatic N) is 4. The van der Waals surface area contributed by atoms with Crippen LogP contribution in [0.5, 0.6) is 0 Å². The van der Waals surface area contributed by atoms with Gasteiger partial charge in [-0.25, -0.2) is 18.1 Å². The molecule has 0 radical (unpaired) electrons. The first-order valence-corrected chi connectivity index (χ1v) is 11.7. The van der Waals surface area contributed by atoms with Crippen LogP contribution in [0.15, 0.2) is 18.5 Å². The Morgan fingerprint density at radius 1 is 1.38 bits per heavy atom. The smallest absolute Gasteiger partial charge is 0.211 e. The molecule has 0 amide bonds. The van der Waals surface area contributed by atoms with E-state index < -0.39 is 10.0 Å². The highest BCUT2D eigenvalue weighted by molar-refractivity contribution is 14.1. The Morgan fingerprint density at radius 3 is 3.04 bits per heavy atom. The van der Waals surface area contributed by atoms with Crippen LogP contribution >= 0.6 is 22.6 Å². The SMILES string of the molecule is CCCCS(=O)(=O)N[C@H]1C[C@@H](I)[C@@H](c2nnc3cnc4[nH]ccc4n23)C1. The average molecular weight is 488 g/mol. The molecule has 1 saturated carbocycles. The number of fused-ring (bicyclic) bond motifs is 3. The van der Waals surface area contributed by atoms with Gasteiger partial charge in [-0.1, -0.05) is 35.9 Å². The number of alkyl halides is 1. The number of hydrogen-bond acceptors (Lipinski definition) is 5. The molecule has 0 saturated heterocycles. The Kier molecular flexibility index (Phi) is 4.90.